The molecule has 77 valence electrons. The minimum atomic E-state index is 0.637. The molecular formula is C7H12N5S2. The van der Waals surface area contributed by atoms with Gasteiger partial charge in [0.25, 0.3) is 0 Å². The molecule has 0 amide bonds. The molecular weight excluding hydrogens is 218 g/mol. The van der Waals surface area contributed by atoms with E-state index in [1.807, 2.05) is 14.1 Å². The standard InChI is InChI=1S/C7H12N5S2/c1-11(2)3-4-12-7(8-9-10-12)14-6-5-13/h3-4,6H2,1-2H3. The Bertz CT molecular complexity index is 285. The molecule has 0 fully saturated rings. The Morgan fingerprint density at radius 3 is 3.00 bits per heavy atom. The Morgan fingerprint density at radius 2 is 2.36 bits per heavy atom. The summed E-state index contributed by atoms with van der Waals surface area (Å²) in [6, 6.07) is 0. The molecule has 14 heavy (non-hydrogen) atoms. The molecule has 1 heterocycles. The van der Waals surface area contributed by atoms with Crippen molar-refractivity contribution in [2.24, 2.45) is 0 Å². The van der Waals surface area contributed by atoms with Gasteiger partial charge in [-0.05, 0) is 24.5 Å². The lowest BCUT2D eigenvalue weighted by atomic mass is 10.6. The lowest BCUT2D eigenvalue weighted by Crippen LogP contribution is -2.19. The number of aromatic nitrogens is 4. The number of likely N-dealkylation sites (N-methyl/N-ethyl adjacent to an activating group) is 1. The Kier molecular flexibility index (Phi) is 4.99. The van der Waals surface area contributed by atoms with Crippen LogP contribution in [0.15, 0.2) is 5.16 Å². The van der Waals surface area contributed by atoms with Crippen LogP contribution in [0.5, 0.6) is 0 Å². The fraction of sp³-hybridized carbons (Fsp3) is 0.714. The molecule has 0 aliphatic rings. The molecule has 0 saturated heterocycles. The van der Waals surface area contributed by atoms with E-state index < -0.39 is 0 Å². The summed E-state index contributed by atoms with van der Waals surface area (Å²) in [5.41, 5.74) is 0. The summed E-state index contributed by atoms with van der Waals surface area (Å²) in [7, 11) is 4.03. The third-order valence-electron chi connectivity index (χ3n) is 1.52. The normalized spacial score (nSPS) is 10.8. The second-order valence-electron chi connectivity index (χ2n) is 2.92. The first-order valence-electron chi connectivity index (χ1n) is 4.12. The maximum absolute atomic E-state index is 4.62. The van der Waals surface area contributed by atoms with Crippen LogP contribution in [0.1, 0.15) is 0 Å². The van der Waals surface area contributed by atoms with Gasteiger partial charge >= 0.3 is 0 Å². The minimum absolute atomic E-state index is 0.637. The van der Waals surface area contributed by atoms with Crippen LogP contribution in [-0.4, -0.2) is 56.9 Å². The summed E-state index contributed by atoms with van der Waals surface area (Å²) in [5, 5.41) is 14.8. The van der Waals surface area contributed by atoms with E-state index in [-0.39, 0.29) is 0 Å². The molecule has 5 nitrogen and oxygen atoms in total. The Balaban J connectivity index is 2.49. The zero-order valence-corrected chi connectivity index (χ0v) is 9.81. The van der Waals surface area contributed by atoms with Crippen LogP contribution in [0.25, 0.3) is 0 Å². The Morgan fingerprint density at radius 1 is 1.57 bits per heavy atom. The lowest BCUT2D eigenvalue weighted by molar-refractivity contribution is 0.361. The first-order chi connectivity index (χ1) is 6.74. The van der Waals surface area contributed by atoms with Crippen LogP contribution in [0.4, 0.5) is 0 Å². The molecule has 0 aromatic carbocycles. The van der Waals surface area contributed by atoms with Gasteiger partial charge in [0.1, 0.15) is 0 Å². The van der Waals surface area contributed by atoms with Crippen LogP contribution >= 0.6 is 24.0 Å². The van der Waals surface area contributed by atoms with Gasteiger partial charge in [-0.2, -0.15) is 0 Å². The molecule has 1 aromatic heterocycles. The van der Waals surface area contributed by atoms with Crippen LogP contribution in [0.2, 0.25) is 0 Å². The fourth-order valence-electron chi connectivity index (χ4n) is 0.829. The van der Waals surface area contributed by atoms with E-state index >= 15 is 0 Å². The highest BCUT2D eigenvalue weighted by atomic mass is 32.2. The Hall–Kier alpha value is -0.530. The zero-order chi connectivity index (χ0) is 10.4. The zero-order valence-electron chi connectivity index (χ0n) is 8.17. The number of rotatable bonds is 6. The monoisotopic (exact) mass is 230 g/mol. The number of hydrogen-bond donors (Lipinski definition) is 0. The van der Waals surface area contributed by atoms with Crippen molar-refractivity contribution in [1.82, 2.24) is 25.1 Å². The van der Waals surface area contributed by atoms with Crippen molar-refractivity contribution in [3.63, 3.8) is 0 Å². The highest BCUT2D eigenvalue weighted by Crippen LogP contribution is 2.11. The largest absolute Gasteiger partial charge is 0.308 e. The van der Waals surface area contributed by atoms with Crippen molar-refractivity contribution in [2.45, 2.75) is 11.7 Å². The Labute approximate surface area is 92.8 Å². The van der Waals surface area contributed by atoms with E-state index in [4.69, 9.17) is 0 Å². The minimum Gasteiger partial charge on any atom is -0.308 e. The van der Waals surface area contributed by atoms with Gasteiger partial charge in [0.15, 0.2) is 0 Å². The molecule has 0 spiro atoms. The quantitative estimate of drug-likeness (QED) is 0.514. The van der Waals surface area contributed by atoms with Gasteiger partial charge in [-0.3, -0.25) is 0 Å². The van der Waals surface area contributed by atoms with Crippen LogP contribution in [0.3, 0.4) is 0 Å². The van der Waals surface area contributed by atoms with E-state index in [0.717, 1.165) is 18.2 Å². The maximum atomic E-state index is 4.62. The molecule has 7 heteroatoms. The number of nitrogens with zero attached hydrogens (tertiary/aromatic N) is 5. The predicted octanol–water partition coefficient (Wildman–Crippen LogP) is 0.203. The average Bonchev–Trinajstić information content (AvgIpc) is 2.58. The molecule has 0 saturated carbocycles. The van der Waals surface area contributed by atoms with Crippen molar-refractivity contribution in [2.75, 3.05) is 26.4 Å². The van der Waals surface area contributed by atoms with Crippen LogP contribution < -0.4 is 0 Å². The van der Waals surface area contributed by atoms with Crippen LogP contribution in [-0.2, 0) is 6.54 Å². The van der Waals surface area contributed by atoms with Gasteiger partial charge in [-0.1, -0.05) is 24.0 Å². The smallest absolute Gasteiger partial charge is 0.209 e. The number of thioether (sulfide) groups is 1. The summed E-state index contributed by atoms with van der Waals surface area (Å²) in [5.74, 6) is 0.637. The van der Waals surface area contributed by atoms with Gasteiger partial charge < -0.3 is 4.90 Å². The average molecular weight is 230 g/mol. The van der Waals surface area contributed by atoms with Gasteiger partial charge in [0.2, 0.25) is 5.16 Å². The van der Waals surface area contributed by atoms with E-state index in [1.54, 1.807) is 4.68 Å². The number of thiocarbonyl (C=S) groups is 1. The highest BCUT2D eigenvalue weighted by Gasteiger charge is 2.05. The van der Waals surface area contributed by atoms with E-state index in [0.29, 0.717) is 5.75 Å². The molecule has 0 aliphatic heterocycles. The summed E-state index contributed by atoms with van der Waals surface area (Å²) in [6.45, 7) is 1.71. The van der Waals surface area contributed by atoms with Crippen molar-refractivity contribution >= 4 is 29.3 Å². The summed E-state index contributed by atoms with van der Waals surface area (Å²) in [4.78, 5) is 2.08. The topological polar surface area (TPSA) is 46.8 Å². The molecule has 1 aromatic rings. The van der Waals surface area contributed by atoms with Crippen molar-refractivity contribution in [1.29, 1.82) is 0 Å². The molecule has 0 atom stereocenters. The van der Waals surface area contributed by atoms with E-state index in [2.05, 4.69) is 38.0 Å². The van der Waals surface area contributed by atoms with Crippen molar-refractivity contribution < 1.29 is 0 Å². The fourth-order valence-corrected chi connectivity index (χ4v) is 1.56. The summed E-state index contributed by atoms with van der Waals surface area (Å²) < 4.78 is 1.78. The van der Waals surface area contributed by atoms with E-state index in [1.165, 1.54) is 11.8 Å². The van der Waals surface area contributed by atoms with Crippen molar-refractivity contribution in [3.8, 4) is 0 Å². The molecule has 0 unspecified atom stereocenters. The number of hydrogen-bond acceptors (Lipinski definition) is 6. The van der Waals surface area contributed by atoms with Gasteiger partial charge in [-0.25, -0.2) is 4.68 Å². The molecule has 1 rings (SSSR count). The number of tetrazole rings is 1. The third-order valence-corrected chi connectivity index (χ3v) is 2.68. The first-order valence-corrected chi connectivity index (χ1v) is 5.52. The van der Waals surface area contributed by atoms with Gasteiger partial charge in [0.05, 0.1) is 6.54 Å². The molecule has 0 N–H and O–H groups in total. The molecule has 0 aliphatic carbocycles. The van der Waals surface area contributed by atoms with Crippen LogP contribution in [0, 0.1) is 0 Å². The lowest BCUT2D eigenvalue weighted by Gasteiger charge is -2.09. The third kappa shape index (κ3) is 3.69. The molecule has 0 bridgehead atoms. The second-order valence-corrected chi connectivity index (χ2v) is 4.15. The summed E-state index contributed by atoms with van der Waals surface area (Å²) >= 11 is 6.12. The maximum Gasteiger partial charge on any atom is 0.209 e. The first kappa shape index (κ1) is 11.5. The summed E-state index contributed by atoms with van der Waals surface area (Å²) in [6.07, 6.45) is 0. The van der Waals surface area contributed by atoms with Crippen molar-refractivity contribution in [3.05, 3.63) is 0 Å². The van der Waals surface area contributed by atoms with E-state index in [9.17, 15) is 0 Å². The SMILES string of the molecule is CN(C)CCn1nnnc1SC[C]=S. The predicted molar refractivity (Wildman–Crippen MR) is 59.7 cm³/mol. The molecule has 1 radical (unpaired) electrons. The van der Waals surface area contributed by atoms with Gasteiger partial charge in [-0.15, -0.1) is 5.10 Å². The van der Waals surface area contributed by atoms with Gasteiger partial charge in [0, 0.05) is 17.7 Å². The highest BCUT2D eigenvalue weighted by molar-refractivity contribution is 8.00. The second kappa shape index (κ2) is 6.05.